The fraction of sp³-hybridized carbons (Fsp3) is 0. The van der Waals surface area contributed by atoms with Gasteiger partial charge < -0.3 is 11.5 Å². The normalized spacial score (nSPS) is 11.0. The zero-order valence-corrected chi connectivity index (χ0v) is 8.38. The Morgan fingerprint density at radius 3 is 2.65 bits per heavy atom. The lowest BCUT2D eigenvalue weighted by molar-refractivity contribution is -0.387. The van der Waals surface area contributed by atoms with Crippen molar-refractivity contribution >= 4 is 23.4 Å². The van der Waals surface area contributed by atoms with Gasteiger partial charge in [-0.15, -0.1) is 0 Å². The average Bonchev–Trinajstić information content (AvgIpc) is 2.19. The molecular formula is C8H8FN5O3. The number of amides is 2. The van der Waals surface area contributed by atoms with Crippen LogP contribution in [-0.4, -0.2) is 16.9 Å². The lowest BCUT2D eigenvalue weighted by Crippen LogP contribution is -2.39. The van der Waals surface area contributed by atoms with Gasteiger partial charge in [0.05, 0.1) is 10.6 Å². The quantitative estimate of drug-likeness (QED) is 0.297. The molecule has 2 amide bonds. The number of rotatable bonds is 2. The molecule has 0 spiro atoms. The van der Waals surface area contributed by atoms with Crippen molar-refractivity contribution in [3.8, 4) is 0 Å². The van der Waals surface area contributed by atoms with Gasteiger partial charge in [0.1, 0.15) is 0 Å². The van der Waals surface area contributed by atoms with Crippen molar-refractivity contribution in [3.05, 3.63) is 34.1 Å². The predicted molar refractivity (Wildman–Crippen MR) is 57.1 cm³/mol. The van der Waals surface area contributed by atoms with Crippen LogP contribution >= 0.6 is 0 Å². The lowest BCUT2D eigenvalue weighted by atomic mass is 10.3. The summed E-state index contributed by atoms with van der Waals surface area (Å²) in [6.45, 7) is 0. The first-order valence-electron chi connectivity index (χ1n) is 4.24. The number of nitrogens with one attached hydrogen (secondary N) is 1. The molecule has 8 nitrogen and oxygen atoms in total. The van der Waals surface area contributed by atoms with Crippen LogP contribution in [0.4, 0.5) is 20.6 Å². The molecule has 0 saturated heterocycles. The number of nitrogens with zero attached hydrogens (tertiary/aromatic N) is 2. The maximum Gasteiger partial charge on any atom is 0.318 e. The third kappa shape index (κ3) is 3.41. The number of carbonyl (C=O) groups excluding carboxylic acids is 1. The van der Waals surface area contributed by atoms with E-state index in [1.807, 2.05) is 5.32 Å². The number of nitro benzene ring substituents is 1. The SMILES string of the molecule is NC(=O)NC(N)=Nc1ccc(F)c([N+](=O)[O-])c1. The molecule has 1 aromatic carbocycles. The van der Waals surface area contributed by atoms with Gasteiger partial charge in [0.2, 0.25) is 11.8 Å². The van der Waals surface area contributed by atoms with Crippen LogP contribution in [-0.2, 0) is 0 Å². The molecule has 0 heterocycles. The fourth-order valence-corrected chi connectivity index (χ4v) is 1.00. The number of nitrogens with two attached hydrogens (primary N) is 2. The minimum absolute atomic E-state index is 0.0179. The van der Waals surface area contributed by atoms with Gasteiger partial charge in [0.25, 0.3) is 0 Å². The second-order valence-electron chi connectivity index (χ2n) is 2.88. The van der Waals surface area contributed by atoms with Crippen LogP contribution in [0.3, 0.4) is 0 Å². The summed E-state index contributed by atoms with van der Waals surface area (Å²) in [6.07, 6.45) is 0. The summed E-state index contributed by atoms with van der Waals surface area (Å²) < 4.78 is 13.0. The summed E-state index contributed by atoms with van der Waals surface area (Å²) in [5.74, 6) is -1.34. The monoisotopic (exact) mass is 241 g/mol. The summed E-state index contributed by atoms with van der Waals surface area (Å²) in [5, 5.41) is 12.4. The third-order valence-electron chi connectivity index (χ3n) is 1.63. The number of carbonyl (C=O) groups is 1. The maximum absolute atomic E-state index is 13.0. The van der Waals surface area contributed by atoms with Gasteiger partial charge in [-0.2, -0.15) is 4.39 Å². The van der Waals surface area contributed by atoms with Gasteiger partial charge in [-0.1, -0.05) is 0 Å². The second-order valence-corrected chi connectivity index (χ2v) is 2.88. The van der Waals surface area contributed by atoms with E-state index < -0.39 is 22.5 Å². The van der Waals surface area contributed by atoms with Crippen molar-refractivity contribution in [1.29, 1.82) is 0 Å². The smallest absolute Gasteiger partial charge is 0.318 e. The molecule has 9 heteroatoms. The Balaban J connectivity index is 3.04. The van der Waals surface area contributed by atoms with E-state index in [9.17, 15) is 19.3 Å². The van der Waals surface area contributed by atoms with E-state index in [1.54, 1.807) is 0 Å². The number of guanidine groups is 1. The highest BCUT2D eigenvalue weighted by Crippen LogP contribution is 2.23. The van der Waals surface area contributed by atoms with E-state index >= 15 is 0 Å². The number of halogens is 1. The van der Waals surface area contributed by atoms with Gasteiger partial charge in [-0.25, -0.2) is 9.79 Å². The molecule has 0 fully saturated rings. The molecule has 0 aliphatic heterocycles. The lowest BCUT2D eigenvalue weighted by Gasteiger charge is -2.00. The number of benzene rings is 1. The Hall–Kier alpha value is -2.71. The van der Waals surface area contributed by atoms with Crippen molar-refractivity contribution in [1.82, 2.24) is 5.32 Å². The highest BCUT2D eigenvalue weighted by Gasteiger charge is 2.14. The first-order chi connectivity index (χ1) is 7.90. The van der Waals surface area contributed by atoms with Crippen LogP contribution in [0.25, 0.3) is 0 Å². The molecule has 90 valence electrons. The third-order valence-corrected chi connectivity index (χ3v) is 1.63. The van der Waals surface area contributed by atoms with Crippen LogP contribution in [0.15, 0.2) is 23.2 Å². The van der Waals surface area contributed by atoms with Crippen LogP contribution < -0.4 is 16.8 Å². The van der Waals surface area contributed by atoms with E-state index in [4.69, 9.17) is 11.5 Å². The van der Waals surface area contributed by atoms with Gasteiger partial charge in [-0.3, -0.25) is 15.4 Å². The molecule has 0 aliphatic rings. The Morgan fingerprint density at radius 1 is 1.47 bits per heavy atom. The topological polar surface area (TPSA) is 137 Å². The number of hydrogen-bond donors (Lipinski definition) is 3. The molecule has 1 aromatic rings. The highest BCUT2D eigenvalue weighted by molar-refractivity contribution is 5.95. The number of hydrogen-bond acceptors (Lipinski definition) is 4. The van der Waals surface area contributed by atoms with Gasteiger partial charge in [0, 0.05) is 6.07 Å². The summed E-state index contributed by atoms with van der Waals surface area (Å²) in [6, 6.07) is 1.99. The van der Waals surface area contributed by atoms with Gasteiger partial charge in [0.15, 0.2) is 0 Å². The molecule has 0 aliphatic carbocycles. The highest BCUT2D eigenvalue weighted by atomic mass is 19.1. The molecule has 0 aromatic heterocycles. The molecular weight excluding hydrogens is 233 g/mol. The molecule has 0 bridgehead atoms. The van der Waals surface area contributed by atoms with E-state index in [0.29, 0.717) is 0 Å². The summed E-state index contributed by atoms with van der Waals surface area (Å²) >= 11 is 0. The average molecular weight is 241 g/mol. The Morgan fingerprint density at radius 2 is 2.12 bits per heavy atom. The van der Waals surface area contributed by atoms with E-state index in [2.05, 4.69) is 4.99 Å². The van der Waals surface area contributed by atoms with Crippen molar-refractivity contribution < 1.29 is 14.1 Å². The molecule has 5 N–H and O–H groups in total. The summed E-state index contributed by atoms with van der Waals surface area (Å²) in [5.41, 5.74) is 9.30. The minimum atomic E-state index is -0.990. The molecule has 17 heavy (non-hydrogen) atoms. The van der Waals surface area contributed by atoms with Crippen molar-refractivity contribution in [3.63, 3.8) is 0 Å². The van der Waals surface area contributed by atoms with Crippen LogP contribution in [0, 0.1) is 15.9 Å². The zero-order chi connectivity index (χ0) is 13.0. The standard InChI is InChI=1S/C8H8FN5O3/c9-5-2-1-4(3-6(5)14(16)17)12-7(10)13-8(11)15/h1-3H,(H5,10,11,12,13,15). The largest absolute Gasteiger partial charge is 0.369 e. The maximum atomic E-state index is 13.0. The number of aliphatic imine (C=N–C) groups is 1. The molecule has 0 radical (unpaired) electrons. The van der Waals surface area contributed by atoms with Crippen molar-refractivity contribution in [2.24, 2.45) is 16.5 Å². The fourth-order valence-electron chi connectivity index (χ4n) is 1.00. The first-order valence-corrected chi connectivity index (χ1v) is 4.24. The Bertz CT molecular complexity index is 502. The minimum Gasteiger partial charge on any atom is -0.369 e. The molecule has 0 atom stereocenters. The van der Waals surface area contributed by atoms with Crippen molar-refractivity contribution in [2.45, 2.75) is 0 Å². The molecule has 1 rings (SSSR count). The van der Waals surface area contributed by atoms with Crippen LogP contribution in [0.1, 0.15) is 0 Å². The van der Waals surface area contributed by atoms with Crippen molar-refractivity contribution in [2.75, 3.05) is 0 Å². The molecule has 0 saturated carbocycles. The van der Waals surface area contributed by atoms with Crippen LogP contribution in [0.5, 0.6) is 0 Å². The number of primary amides is 1. The van der Waals surface area contributed by atoms with E-state index in [0.717, 1.165) is 18.2 Å². The van der Waals surface area contributed by atoms with E-state index in [1.165, 1.54) is 0 Å². The number of urea groups is 1. The van der Waals surface area contributed by atoms with E-state index in [-0.39, 0.29) is 11.6 Å². The predicted octanol–water partition coefficient (Wildman–Crippen LogP) is 0.348. The zero-order valence-electron chi connectivity index (χ0n) is 8.38. The Labute approximate surface area is 94.3 Å². The van der Waals surface area contributed by atoms with Gasteiger partial charge >= 0.3 is 11.7 Å². The summed E-state index contributed by atoms with van der Waals surface area (Å²) in [7, 11) is 0. The second kappa shape index (κ2) is 4.88. The first kappa shape index (κ1) is 12.4. The van der Waals surface area contributed by atoms with Crippen LogP contribution in [0.2, 0.25) is 0 Å². The Kier molecular flexibility index (Phi) is 3.55. The van der Waals surface area contributed by atoms with Gasteiger partial charge in [-0.05, 0) is 12.1 Å². The number of nitro groups is 1. The summed E-state index contributed by atoms with van der Waals surface area (Å²) in [4.78, 5) is 23.5. The molecule has 0 unspecified atom stereocenters.